The molecule has 0 radical (unpaired) electrons. The number of hydrogen-bond acceptors (Lipinski definition) is 2. The molecule has 0 spiro atoms. The highest BCUT2D eigenvalue weighted by Gasteiger charge is 2.54. The summed E-state index contributed by atoms with van der Waals surface area (Å²) >= 11 is 0. The fraction of sp³-hybridized carbons (Fsp3) is 0.778. The number of carbonyl (C=O) groups excluding carboxylic acids is 2. The van der Waals surface area contributed by atoms with Gasteiger partial charge in [0, 0.05) is 12.5 Å². The van der Waals surface area contributed by atoms with E-state index < -0.39 is 0 Å². The zero-order chi connectivity index (χ0) is 8.93. The predicted octanol–water partition coefficient (Wildman–Crippen LogP) is 0.585. The molecule has 0 unspecified atom stereocenters. The molecular weight excluding hydrogens is 154 g/mol. The van der Waals surface area contributed by atoms with Gasteiger partial charge in [-0.25, -0.2) is 0 Å². The quantitative estimate of drug-likeness (QED) is 0.423. The lowest BCUT2D eigenvalue weighted by atomic mass is 9.84. The van der Waals surface area contributed by atoms with Crippen LogP contribution in [0.3, 0.4) is 0 Å². The van der Waals surface area contributed by atoms with Gasteiger partial charge in [0.25, 0.3) is 0 Å². The zero-order valence-corrected chi connectivity index (χ0v) is 7.41. The van der Waals surface area contributed by atoms with Gasteiger partial charge < -0.3 is 9.69 Å². The van der Waals surface area contributed by atoms with Gasteiger partial charge in [-0.15, -0.1) is 0 Å². The molecule has 3 heteroatoms. The van der Waals surface area contributed by atoms with E-state index in [1.165, 1.54) is 0 Å². The van der Waals surface area contributed by atoms with Gasteiger partial charge in [0.05, 0.1) is 6.04 Å². The third kappa shape index (κ3) is 0.765. The maximum Gasteiger partial charge on any atom is 0.225 e. The number of amides is 1. The van der Waals surface area contributed by atoms with Gasteiger partial charge >= 0.3 is 0 Å². The second-order valence-corrected chi connectivity index (χ2v) is 4.43. The third-order valence-corrected chi connectivity index (χ3v) is 3.08. The van der Waals surface area contributed by atoms with Gasteiger partial charge in [-0.1, -0.05) is 13.8 Å². The molecule has 0 aliphatic carbocycles. The Hall–Kier alpha value is -0.860. The van der Waals surface area contributed by atoms with Gasteiger partial charge in [-0.3, -0.25) is 4.79 Å². The van der Waals surface area contributed by atoms with Gasteiger partial charge in [-0.2, -0.15) is 0 Å². The third-order valence-electron chi connectivity index (χ3n) is 3.08. The smallest absolute Gasteiger partial charge is 0.225 e. The molecule has 2 heterocycles. The molecule has 0 N–H and O–H groups in total. The van der Waals surface area contributed by atoms with Crippen LogP contribution in [0.1, 0.15) is 26.7 Å². The van der Waals surface area contributed by atoms with Crippen molar-refractivity contribution in [3.63, 3.8) is 0 Å². The Bertz CT molecular complexity index is 247. The van der Waals surface area contributed by atoms with E-state index in [1.807, 2.05) is 0 Å². The molecule has 2 fully saturated rings. The minimum Gasteiger partial charge on any atom is -0.329 e. The largest absolute Gasteiger partial charge is 0.329 e. The van der Waals surface area contributed by atoms with Crippen molar-refractivity contribution in [2.24, 2.45) is 5.41 Å². The first-order valence-corrected chi connectivity index (χ1v) is 4.33. The number of hydrogen-bond donors (Lipinski definition) is 0. The summed E-state index contributed by atoms with van der Waals surface area (Å²) in [6.45, 7) is 4.11. The standard InChI is InChI=1S/C9H13NO2/c1-9(2)4-6-3-8(12)10(6)7(9)5-11/h5-7H,3-4H2,1-2H3/t6-,7-/m1/s1. The Morgan fingerprint density at radius 3 is 2.67 bits per heavy atom. The SMILES string of the molecule is CC1(C)C[C@H]2CC(=O)N2[C@@H]1C=O. The molecule has 0 bridgehead atoms. The van der Waals surface area contributed by atoms with Crippen LogP contribution in [0, 0.1) is 5.41 Å². The lowest BCUT2D eigenvalue weighted by Gasteiger charge is -2.37. The minimum atomic E-state index is -0.177. The molecule has 0 aromatic carbocycles. The van der Waals surface area contributed by atoms with Crippen LogP contribution in [0.25, 0.3) is 0 Å². The van der Waals surface area contributed by atoms with Crippen LogP contribution in [0.5, 0.6) is 0 Å². The molecule has 3 nitrogen and oxygen atoms in total. The van der Waals surface area contributed by atoms with Crippen LogP contribution < -0.4 is 0 Å². The maximum absolute atomic E-state index is 11.1. The van der Waals surface area contributed by atoms with E-state index in [9.17, 15) is 9.59 Å². The monoisotopic (exact) mass is 167 g/mol. The fourth-order valence-electron chi connectivity index (χ4n) is 2.40. The molecule has 0 aromatic rings. The Morgan fingerprint density at radius 1 is 1.58 bits per heavy atom. The number of fused-ring (bicyclic) bond motifs is 1. The maximum atomic E-state index is 11.1. The zero-order valence-electron chi connectivity index (χ0n) is 7.41. The van der Waals surface area contributed by atoms with Crippen molar-refractivity contribution >= 4 is 12.2 Å². The molecular formula is C9H13NO2. The topological polar surface area (TPSA) is 37.4 Å². The molecule has 2 aliphatic heterocycles. The van der Waals surface area contributed by atoms with Crippen LogP contribution in [-0.4, -0.2) is 29.2 Å². The average molecular weight is 167 g/mol. The minimum absolute atomic E-state index is 0.0153. The summed E-state index contributed by atoms with van der Waals surface area (Å²) in [5.41, 5.74) is -0.0153. The highest BCUT2D eigenvalue weighted by molar-refractivity contribution is 5.87. The van der Waals surface area contributed by atoms with Gasteiger partial charge in [0.2, 0.25) is 5.91 Å². The number of rotatable bonds is 1. The van der Waals surface area contributed by atoms with Crippen molar-refractivity contribution in [2.75, 3.05) is 0 Å². The van der Waals surface area contributed by atoms with Crippen molar-refractivity contribution < 1.29 is 9.59 Å². The Morgan fingerprint density at radius 2 is 2.25 bits per heavy atom. The summed E-state index contributed by atoms with van der Waals surface area (Å²) in [5.74, 6) is 0.141. The molecule has 12 heavy (non-hydrogen) atoms. The lowest BCUT2D eigenvalue weighted by molar-refractivity contribution is -0.148. The van der Waals surface area contributed by atoms with Crippen LogP contribution in [0.15, 0.2) is 0 Å². The van der Waals surface area contributed by atoms with Gasteiger partial charge in [-0.05, 0) is 11.8 Å². The highest BCUT2D eigenvalue weighted by atomic mass is 16.2. The van der Waals surface area contributed by atoms with Crippen LogP contribution in [0.4, 0.5) is 0 Å². The Labute approximate surface area is 71.7 Å². The Kier molecular flexibility index (Phi) is 1.35. The van der Waals surface area contributed by atoms with Crippen LogP contribution >= 0.6 is 0 Å². The van der Waals surface area contributed by atoms with Crippen molar-refractivity contribution in [3.8, 4) is 0 Å². The van der Waals surface area contributed by atoms with E-state index in [-0.39, 0.29) is 17.4 Å². The van der Waals surface area contributed by atoms with Gasteiger partial charge in [0.15, 0.2) is 0 Å². The summed E-state index contributed by atoms with van der Waals surface area (Å²) in [6.07, 6.45) is 2.53. The molecule has 0 aromatic heterocycles. The Balaban J connectivity index is 2.27. The first kappa shape index (κ1) is 7.77. The normalized spacial score (nSPS) is 37.5. The first-order valence-electron chi connectivity index (χ1n) is 4.33. The molecule has 2 rings (SSSR count). The fourth-order valence-corrected chi connectivity index (χ4v) is 2.40. The summed E-state index contributed by atoms with van der Waals surface area (Å²) in [6, 6.07) is 0.173. The molecule has 2 saturated heterocycles. The van der Waals surface area contributed by atoms with Crippen LogP contribution in [-0.2, 0) is 9.59 Å². The van der Waals surface area contributed by atoms with E-state index in [2.05, 4.69) is 13.8 Å². The van der Waals surface area contributed by atoms with Gasteiger partial charge in [0.1, 0.15) is 6.29 Å². The second-order valence-electron chi connectivity index (χ2n) is 4.43. The van der Waals surface area contributed by atoms with E-state index >= 15 is 0 Å². The number of β-lactam (4-membered cyclic amide) rings is 1. The average Bonchev–Trinajstić information content (AvgIpc) is 2.17. The van der Waals surface area contributed by atoms with Crippen molar-refractivity contribution in [2.45, 2.75) is 38.8 Å². The first-order chi connectivity index (χ1) is 5.56. The van der Waals surface area contributed by atoms with E-state index in [0.717, 1.165) is 12.7 Å². The molecule has 2 atom stereocenters. The predicted molar refractivity (Wildman–Crippen MR) is 43.5 cm³/mol. The van der Waals surface area contributed by atoms with E-state index in [1.54, 1.807) is 4.90 Å². The summed E-state index contributed by atoms with van der Waals surface area (Å²) in [5, 5.41) is 0. The second kappa shape index (κ2) is 2.09. The van der Waals surface area contributed by atoms with Crippen molar-refractivity contribution in [1.29, 1.82) is 0 Å². The van der Waals surface area contributed by atoms with E-state index in [0.29, 0.717) is 12.5 Å². The van der Waals surface area contributed by atoms with Crippen molar-refractivity contribution in [1.82, 2.24) is 4.90 Å². The summed E-state index contributed by atoms with van der Waals surface area (Å²) in [7, 11) is 0. The number of nitrogens with zero attached hydrogens (tertiary/aromatic N) is 1. The lowest BCUT2D eigenvalue weighted by Crippen LogP contribution is -2.53. The van der Waals surface area contributed by atoms with E-state index in [4.69, 9.17) is 0 Å². The summed E-state index contributed by atoms with van der Waals surface area (Å²) in [4.78, 5) is 23.6. The molecule has 2 aliphatic rings. The number of carbonyl (C=O) groups is 2. The van der Waals surface area contributed by atoms with Crippen LogP contribution in [0.2, 0.25) is 0 Å². The highest BCUT2D eigenvalue weighted by Crippen LogP contribution is 2.45. The number of aldehydes is 1. The molecule has 1 amide bonds. The molecule has 66 valence electrons. The summed E-state index contributed by atoms with van der Waals surface area (Å²) < 4.78 is 0. The molecule has 0 saturated carbocycles. The van der Waals surface area contributed by atoms with Crippen molar-refractivity contribution in [3.05, 3.63) is 0 Å².